The first kappa shape index (κ1) is 18.7. The minimum atomic E-state index is -0.435. The molecule has 0 spiro atoms. The molecule has 0 aliphatic rings. The van der Waals surface area contributed by atoms with Gasteiger partial charge in [-0.05, 0) is 66.3 Å². The van der Waals surface area contributed by atoms with Gasteiger partial charge in [0.05, 0.1) is 19.3 Å². The predicted octanol–water partition coefficient (Wildman–Crippen LogP) is 3.92. The molecule has 26 heavy (non-hydrogen) atoms. The molecule has 1 heterocycles. The largest absolute Gasteiger partial charge is 0.490 e. The smallest absolute Gasteiger partial charge is 0.181 e. The van der Waals surface area contributed by atoms with Crippen LogP contribution >= 0.6 is 22.6 Å². The molecule has 3 N–H and O–H groups in total. The Morgan fingerprint density at radius 3 is 2.42 bits per heavy atom. The molecule has 0 aliphatic heterocycles. The maximum Gasteiger partial charge on any atom is 0.181 e. The van der Waals surface area contributed by atoms with Gasteiger partial charge in [0.2, 0.25) is 0 Å². The lowest BCUT2D eigenvalue weighted by Crippen LogP contribution is -2.14. The molecule has 0 amide bonds. The second-order valence-corrected chi connectivity index (χ2v) is 6.85. The zero-order valence-corrected chi connectivity index (χ0v) is 16.9. The number of nitrogens with zero attached hydrogens (tertiary/aromatic N) is 2. The molecule has 0 bridgehead atoms. The number of benzene rings is 2. The Kier molecular flexibility index (Phi) is 6.10. The molecule has 0 aliphatic carbocycles. The highest BCUT2D eigenvalue weighted by Crippen LogP contribution is 2.31. The molecule has 0 saturated carbocycles. The van der Waals surface area contributed by atoms with Crippen molar-refractivity contribution in [2.24, 2.45) is 5.73 Å². The van der Waals surface area contributed by atoms with E-state index in [4.69, 9.17) is 15.2 Å². The number of nitrogens with two attached hydrogens (primary N) is 1. The lowest BCUT2D eigenvalue weighted by molar-refractivity contribution is 0.287. The van der Waals surface area contributed by atoms with Gasteiger partial charge in [-0.3, -0.25) is 5.10 Å². The number of nitrogens with one attached hydrogen (secondary N) is 1. The van der Waals surface area contributed by atoms with Crippen LogP contribution in [0.3, 0.4) is 0 Å². The Balaban J connectivity index is 1.86. The van der Waals surface area contributed by atoms with Crippen molar-refractivity contribution < 1.29 is 9.47 Å². The molecular weight excluding hydrogens is 443 g/mol. The fourth-order valence-corrected chi connectivity index (χ4v) is 2.92. The van der Waals surface area contributed by atoms with Crippen LogP contribution in [0.5, 0.6) is 11.5 Å². The van der Waals surface area contributed by atoms with Gasteiger partial charge in [0.25, 0.3) is 0 Å². The topological polar surface area (TPSA) is 86.0 Å². The second kappa shape index (κ2) is 8.50. The van der Waals surface area contributed by atoms with Crippen LogP contribution in [0.2, 0.25) is 0 Å². The number of H-pyrrole nitrogens is 1. The molecule has 0 saturated heterocycles. The van der Waals surface area contributed by atoms with Crippen molar-refractivity contribution in [3.05, 3.63) is 57.4 Å². The van der Waals surface area contributed by atoms with Crippen molar-refractivity contribution in [1.82, 2.24) is 15.2 Å². The van der Waals surface area contributed by atoms with E-state index in [2.05, 4.69) is 37.8 Å². The quantitative estimate of drug-likeness (QED) is 0.518. The van der Waals surface area contributed by atoms with Crippen LogP contribution < -0.4 is 15.2 Å². The average molecular weight is 464 g/mol. The summed E-state index contributed by atoms with van der Waals surface area (Å²) >= 11 is 2.27. The highest BCUT2D eigenvalue weighted by molar-refractivity contribution is 14.1. The summed E-state index contributed by atoms with van der Waals surface area (Å²) in [6, 6.07) is 13.3. The van der Waals surface area contributed by atoms with Crippen molar-refractivity contribution in [3.8, 4) is 22.9 Å². The van der Waals surface area contributed by atoms with E-state index >= 15 is 0 Å². The highest BCUT2D eigenvalue weighted by Gasteiger charge is 2.17. The average Bonchev–Trinajstić information content (AvgIpc) is 3.13. The first-order chi connectivity index (χ1) is 12.6. The molecule has 6 nitrogen and oxygen atoms in total. The Hall–Kier alpha value is -2.13. The van der Waals surface area contributed by atoms with Crippen LogP contribution in [0.15, 0.2) is 42.5 Å². The second-order valence-electron chi connectivity index (χ2n) is 5.60. The van der Waals surface area contributed by atoms with Gasteiger partial charge in [-0.1, -0.05) is 18.2 Å². The van der Waals surface area contributed by atoms with Crippen LogP contribution in [0.4, 0.5) is 0 Å². The summed E-state index contributed by atoms with van der Waals surface area (Å²) in [6.07, 6.45) is 0. The standard InChI is InChI=1S/C19H21IN4O2/c1-3-25-15-10-7-13(11-16(15)26-4-2)17(21)19-22-18(23-24-19)12-5-8-14(20)9-6-12/h5-11,17H,3-4,21H2,1-2H3,(H,22,23,24). The normalized spacial score (nSPS) is 12.0. The van der Waals surface area contributed by atoms with Gasteiger partial charge >= 0.3 is 0 Å². The number of rotatable bonds is 7. The minimum absolute atomic E-state index is 0.435. The Morgan fingerprint density at radius 1 is 1.04 bits per heavy atom. The molecule has 0 fully saturated rings. The van der Waals surface area contributed by atoms with Gasteiger partial charge in [0.15, 0.2) is 17.3 Å². The van der Waals surface area contributed by atoms with E-state index < -0.39 is 6.04 Å². The van der Waals surface area contributed by atoms with Crippen molar-refractivity contribution in [3.63, 3.8) is 0 Å². The van der Waals surface area contributed by atoms with Crippen molar-refractivity contribution in [2.75, 3.05) is 13.2 Å². The lowest BCUT2D eigenvalue weighted by Gasteiger charge is -2.14. The summed E-state index contributed by atoms with van der Waals surface area (Å²) in [7, 11) is 0. The summed E-state index contributed by atoms with van der Waals surface area (Å²) in [5.41, 5.74) is 8.21. The zero-order valence-electron chi connectivity index (χ0n) is 14.7. The number of halogens is 1. The van der Waals surface area contributed by atoms with Gasteiger partial charge in [-0.15, -0.1) is 0 Å². The number of ether oxygens (including phenoxy) is 2. The molecule has 3 aromatic rings. The third kappa shape index (κ3) is 4.16. The molecule has 7 heteroatoms. The van der Waals surface area contributed by atoms with Gasteiger partial charge in [-0.2, -0.15) is 5.10 Å². The summed E-state index contributed by atoms with van der Waals surface area (Å²) in [4.78, 5) is 4.55. The molecule has 2 aromatic carbocycles. The van der Waals surface area contributed by atoms with Crippen LogP contribution in [0, 0.1) is 3.57 Å². The van der Waals surface area contributed by atoms with Crippen LogP contribution in [0.25, 0.3) is 11.4 Å². The first-order valence-corrected chi connectivity index (χ1v) is 9.53. The van der Waals surface area contributed by atoms with Crippen molar-refractivity contribution in [1.29, 1.82) is 0 Å². The summed E-state index contributed by atoms with van der Waals surface area (Å²) in [6.45, 7) is 5.01. The van der Waals surface area contributed by atoms with Gasteiger partial charge < -0.3 is 15.2 Å². The van der Waals surface area contributed by atoms with E-state index in [9.17, 15) is 0 Å². The molecule has 1 unspecified atom stereocenters. The van der Waals surface area contributed by atoms with Crippen LogP contribution in [-0.4, -0.2) is 28.4 Å². The fraction of sp³-hybridized carbons (Fsp3) is 0.263. The van der Waals surface area contributed by atoms with Gasteiger partial charge in [0.1, 0.15) is 5.82 Å². The maximum atomic E-state index is 6.39. The third-order valence-corrected chi connectivity index (χ3v) is 4.55. The first-order valence-electron chi connectivity index (χ1n) is 8.45. The lowest BCUT2D eigenvalue weighted by atomic mass is 10.1. The van der Waals surface area contributed by atoms with E-state index in [-0.39, 0.29) is 0 Å². The molecule has 1 aromatic heterocycles. The van der Waals surface area contributed by atoms with E-state index in [1.165, 1.54) is 0 Å². The van der Waals surface area contributed by atoms with Crippen LogP contribution in [-0.2, 0) is 0 Å². The molecule has 0 radical (unpaired) electrons. The van der Waals surface area contributed by atoms with Crippen LogP contribution in [0.1, 0.15) is 31.3 Å². The number of hydrogen-bond donors (Lipinski definition) is 2. The third-order valence-electron chi connectivity index (χ3n) is 3.83. The maximum absolute atomic E-state index is 6.39. The van der Waals surface area contributed by atoms with E-state index in [0.29, 0.717) is 36.4 Å². The van der Waals surface area contributed by atoms with E-state index in [1.807, 2.05) is 56.3 Å². The highest BCUT2D eigenvalue weighted by atomic mass is 127. The minimum Gasteiger partial charge on any atom is -0.490 e. The SMILES string of the molecule is CCOc1ccc(C(N)c2nc(-c3ccc(I)cc3)n[nH]2)cc1OCC. The van der Waals surface area contributed by atoms with Gasteiger partial charge in [0, 0.05) is 9.13 Å². The Bertz CT molecular complexity index is 864. The van der Waals surface area contributed by atoms with Crippen molar-refractivity contribution >= 4 is 22.6 Å². The summed E-state index contributed by atoms with van der Waals surface area (Å²) in [5, 5.41) is 7.24. The molecule has 3 rings (SSSR count). The summed E-state index contributed by atoms with van der Waals surface area (Å²) < 4.78 is 12.4. The predicted molar refractivity (Wildman–Crippen MR) is 109 cm³/mol. The Morgan fingerprint density at radius 2 is 1.73 bits per heavy atom. The van der Waals surface area contributed by atoms with E-state index in [1.54, 1.807) is 0 Å². The fourth-order valence-electron chi connectivity index (χ4n) is 2.56. The Labute approximate surface area is 166 Å². The van der Waals surface area contributed by atoms with Crippen molar-refractivity contribution in [2.45, 2.75) is 19.9 Å². The molecular formula is C19H21IN4O2. The summed E-state index contributed by atoms with van der Waals surface area (Å²) in [5.74, 6) is 2.62. The monoisotopic (exact) mass is 464 g/mol. The number of hydrogen-bond acceptors (Lipinski definition) is 5. The van der Waals surface area contributed by atoms with E-state index in [0.717, 1.165) is 14.7 Å². The molecule has 136 valence electrons. The zero-order chi connectivity index (χ0) is 18.5. The molecule has 1 atom stereocenters. The number of aromatic nitrogens is 3. The van der Waals surface area contributed by atoms with Gasteiger partial charge in [-0.25, -0.2) is 4.98 Å². The number of aromatic amines is 1.